The zero-order chi connectivity index (χ0) is 13.5. The molecule has 0 radical (unpaired) electrons. The highest BCUT2D eigenvalue weighted by Crippen LogP contribution is 2.34. The van der Waals surface area contributed by atoms with Crippen LogP contribution in [0.25, 0.3) is 0 Å². The molecule has 19 heavy (non-hydrogen) atoms. The van der Waals surface area contributed by atoms with E-state index in [0.717, 1.165) is 0 Å². The van der Waals surface area contributed by atoms with Crippen LogP contribution in [0.3, 0.4) is 0 Å². The molecule has 2 rings (SSSR count). The highest BCUT2D eigenvalue weighted by atomic mass is 28.3. The normalized spacial score (nSPS) is 23.9. The number of benzene rings is 1. The Morgan fingerprint density at radius 3 is 2.47 bits per heavy atom. The smallest absolute Gasteiger partial charge is 0.123 e. The van der Waals surface area contributed by atoms with Crippen molar-refractivity contribution in [3.05, 3.63) is 47.8 Å². The minimum Gasteiger partial charge on any atom is -0.207 e. The highest BCUT2D eigenvalue weighted by molar-refractivity contribution is 6.59. The van der Waals surface area contributed by atoms with Gasteiger partial charge in [-0.05, 0) is 49.3 Å². The van der Waals surface area contributed by atoms with E-state index in [1.807, 2.05) is 12.1 Å². The summed E-state index contributed by atoms with van der Waals surface area (Å²) in [5, 5.41) is 0. The van der Waals surface area contributed by atoms with Crippen molar-refractivity contribution in [2.24, 2.45) is 0 Å². The third-order valence-electron chi connectivity index (χ3n) is 4.33. The van der Waals surface area contributed by atoms with Crippen LogP contribution in [0.5, 0.6) is 0 Å². The van der Waals surface area contributed by atoms with Gasteiger partial charge in [0.25, 0.3) is 0 Å². The van der Waals surface area contributed by atoms with E-state index in [1.165, 1.54) is 49.4 Å². The molecule has 1 aromatic rings. The van der Waals surface area contributed by atoms with Crippen molar-refractivity contribution in [2.75, 3.05) is 0 Å². The number of hydrogen-bond acceptors (Lipinski definition) is 0. The lowest BCUT2D eigenvalue weighted by Gasteiger charge is -2.27. The van der Waals surface area contributed by atoms with Crippen molar-refractivity contribution in [1.82, 2.24) is 0 Å². The maximum Gasteiger partial charge on any atom is 0.123 e. The minimum atomic E-state index is -0.466. The first-order valence-corrected chi connectivity index (χ1v) is 10.1. The van der Waals surface area contributed by atoms with Crippen LogP contribution in [-0.4, -0.2) is 8.80 Å². The van der Waals surface area contributed by atoms with Crippen molar-refractivity contribution >= 4 is 8.80 Å². The summed E-state index contributed by atoms with van der Waals surface area (Å²) in [6.07, 6.45) is 9.78. The molecule has 1 heterocycles. The van der Waals surface area contributed by atoms with Crippen LogP contribution in [0.15, 0.2) is 36.4 Å². The summed E-state index contributed by atoms with van der Waals surface area (Å²) in [6.45, 7) is 2.20. The topological polar surface area (TPSA) is 0 Å². The molecular formula is C17H25FSi. The van der Waals surface area contributed by atoms with Crippen LogP contribution in [0.1, 0.15) is 44.1 Å². The molecule has 1 saturated heterocycles. The fraction of sp³-hybridized carbons (Fsp3) is 0.529. The Morgan fingerprint density at radius 2 is 1.84 bits per heavy atom. The van der Waals surface area contributed by atoms with E-state index in [-0.39, 0.29) is 5.82 Å². The van der Waals surface area contributed by atoms with Crippen molar-refractivity contribution in [3.63, 3.8) is 0 Å². The molecule has 1 fully saturated rings. The van der Waals surface area contributed by atoms with Crippen molar-refractivity contribution in [3.8, 4) is 0 Å². The van der Waals surface area contributed by atoms with E-state index in [2.05, 4.69) is 19.1 Å². The van der Waals surface area contributed by atoms with Crippen LogP contribution in [0.4, 0.5) is 4.39 Å². The van der Waals surface area contributed by atoms with Crippen LogP contribution in [-0.2, 0) is 0 Å². The van der Waals surface area contributed by atoms with E-state index in [9.17, 15) is 4.39 Å². The molecule has 0 saturated carbocycles. The summed E-state index contributed by atoms with van der Waals surface area (Å²) in [5.74, 6) is 0.574. The minimum absolute atomic E-state index is 0.116. The maximum atomic E-state index is 12.9. The standard InChI is InChI=1S/C17H25FSi/c1-2-3-4-5-12-19-13-10-16(11-14-19)15-6-8-17(18)9-7-15/h3-4,6-9,16,19H,2,5,10-14H2,1H3/b4-3+. The summed E-state index contributed by atoms with van der Waals surface area (Å²) in [5.41, 5.74) is 1.35. The van der Waals surface area contributed by atoms with E-state index >= 15 is 0 Å². The van der Waals surface area contributed by atoms with Gasteiger partial charge in [0.15, 0.2) is 0 Å². The quantitative estimate of drug-likeness (QED) is 0.506. The zero-order valence-corrected chi connectivity index (χ0v) is 13.1. The summed E-state index contributed by atoms with van der Waals surface area (Å²) in [6, 6.07) is 11.6. The van der Waals surface area contributed by atoms with Gasteiger partial charge in [0.1, 0.15) is 5.82 Å². The Morgan fingerprint density at radius 1 is 1.16 bits per heavy atom. The average molecular weight is 276 g/mol. The second kappa shape index (κ2) is 7.64. The lowest BCUT2D eigenvalue weighted by Crippen LogP contribution is -2.20. The van der Waals surface area contributed by atoms with Crippen LogP contribution in [0.2, 0.25) is 18.1 Å². The molecule has 0 aromatic heterocycles. The van der Waals surface area contributed by atoms with Crippen LogP contribution >= 0.6 is 0 Å². The maximum absolute atomic E-state index is 12.9. The fourth-order valence-corrected chi connectivity index (χ4v) is 6.41. The summed E-state index contributed by atoms with van der Waals surface area (Å²) >= 11 is 0. The number of hydrogen-bond donors (Lipinski definition) is 0. The van der Waals surface area contributed by atoms with E-state index in [4.69, 9.17) is 0 Å². The molecule has 0 unspecified atom stereocenters. The van der Waals surface area contributed by atoms with Gasteiger partial charge in [0, 0.05) is 8.80 Å². The molecular weight excluding hydrogens is 251 g/mol. The average Bonchev–Trinajstić information content (AvgIpc) is 2.45. The SMILES string of the molecule is CC/C=C/CC[SiH]1CCC(c2ccc(F)cc2)CC1. The lowest BCUT2D eigenvalue weighted by molar-refractivity contribution is 0.598. The van der Waals surface area contributed by atoms with E-state index in [0.29, 0.717) is 5.92 Å². The van der Waals surface area contributed by atoms with Crippen LogP contribution < -0.4 is 0 Å². The largest absolute Gasteiger partial charge is 0.207 e. The monoisotopic (exact) mass is 276 g/mol. The van der Waals surface area contributed by atoms with Crippen LogP contribution in [0, 0.1) is 5.82 Å². The Kier molecular flexibility index (Phi) is 5.83. The molecule has 0 nitrogen and oxygen atoms in total. The third kappa shape index (κ3) is 4.61. The second-order valence-corrected chi connectivity index (χ2v) is 9.19. The van der Waals surface area contributed by atoms with Gasteiger partial charge in [-0.3, -0.25) is 0 Å². The first-order valence-electron chi connectivity index (χ1n) is 7.70. The van der Waals surface area contributed by atoms with Gasteiger partial charge in [-0.2, -0.15) is 0 Å². The number of rotatable bonds is 5. The molecule has 2 heteroatoms. The Bertz CT molecular complexity index is 388. The molecule has 0 spiro atoms. The Hall–Kier alpha value is -0.893. The number of allylic oxidation sites excluding steroid dienone is 2. The van der Waals surface area contributed by atoms with Crippen molar-refractivity contribution < 1.29 is 4.39 Å². The predicted molar refractivity (Wildman–Crippen MR) is 84.0 cm³/mol. The molecule has 1 aliphatic rings. The lowest BCUT2D eigenvalue weighted by atomic mass is 9.93. The zero-order valence-electron chi connectivity index (χ0n) is 11.9. The summed E-state index contributed by atoms with van der Waals surface area (Å²) in [7, 11) is -0.466. The summed E-state index contributed by atoms with van der Waals surface area (Å²) < 4.78 is 12.9. The van der Waals surface area contributed by atoms with E-state index in [1.54, 1.807) is 12.1 Å². The molecule has 0 amide bonds. The van der Waals surface area contributed by atoms with Gasteiger partial charge in [-0.1, -0.05) is 49.3 Å². The predicted octanol–water partition coefficient (Wildman–Crippen LogP) is 5.29. The molecule has 104 valence electrons. The molecule has 1 aliphatic heterocycles. The first kappa shape index (κ1) is 14.5. The Balaban J connectivity index is 1.76. The van der Waals surface area contributed by atoms with Gasteiger partial charge in [-0.15, -0.1) is 0 Å². The molecule has 1 aromatic carbocycles. The molecule has 0 aliphatic carbocycles. The van der Waals surface area contributed by atoms with Gasteiger partial charge in [0.05, 0.1) is 0 Å². The first-order chi connectivity index (χ1) is 9.29. The van der Waals surface area contributed by atoms with Gasteiger partial charge in [-0.25, -0.2) is 4.39 Å². The third-order valence-corrected chi connectivity index (χ3v) is 7.78. The van der Waals surface area contributed by atoms with Crippen molar-refractivity contribution in [2.45, 2.75) is 56.7 Å². The summed E-state index contributed by atoms with van der Waals surface area (Å²) in [4.78, 5) is 0. The molecule has 0 bridgehead atoms. The van der Waals surface area contributed by atoms with Gasteiger partial charge in [0.2, 0.25) is 0 Å². The highest BCUT2D eigenvalue weighted by Gasteiger charge is 2.22. The number of halogens is 1. The second-order valence-electron chi connectivity index (χ2n) is 5.73. The van der Waals surface area contributed by atoms with Gasteiger partial charge < -0.3 is 0 Å². The van der Waals surface area contributed by atoms with Gasteiger partial charge >= 0.3 is 0 Å². The Labute approximate surface area is 118 Å². The molecule has 0 N–H and O–H groups in total. The van der Waals surface area contributed by atoms with E-state index < -0.39 is 8.80 Å². The molecule has 0 atom stereocenters. The fourth-order valence-electron chi connectivity index (χ4n) is 3.14. The van der Waals surface area contributed by atoms with Crippen molar-refractivity contribution in [1.29, 1.82) is 0 Å².